The van der Waals surface area contributed by atoms with Crippen LogP contribution in [-0.2, 0) is 16.2 Å². The first kappa shape index (κ1) is 23.9. The fourth-order valence-corrected chi connectivity index (χ4v) is 3.56. The number of ether oxygens (including phenoxy) is 1. The maximum Gasteiger partial charge on any atom is 0.335 e. The molecule has 0 aromatic heterocycles. The second-order valence-corrected chi connectivity index (χ2v) is 8.16. The number of imide groups is 2. The molecule has 0 spiro atoms. The molecule has 9 nitrogen and oxygen atoms in total. The lowest BCUT2D eigenvalue weighted by Crippen LogP contribution is -2.54. The van der Waals surface area contributed by atoms with Crippen molar-refractivity contribution in [3.8, 4) is 5.75 Å². The Balaban J connectivity index is 1.51. The van der Waals surface area contributed by atoms with Gasteiger partial charge < -0.3 is 4.74 Å². The summed E-state index contributed by atoms with van der Waals surface area (Å²) in [5, 5.41) is 13.4. The van der Waals surface area contributed by atoms with Gasteiger partial charge in [-0.05, 0) is 47.5 Å². The lowest BCUT2D eigenvalue weighted by atomic mass is 10.1. The Labute approximate surface area is 208 Å². The van der Waals surface area contributed by atoms with Crippen LogP contribution in [0.25, 0.3) is 6.08 Å². The Kier molecular flexibility index (Phi) is 6.81. The van der Waals surface area contributed by atoms with E-state index >= 15 is 0 Å². The van der Waals surface area contributed by atoms with E-state index in [1.165, 1.54) is 36.4 Å². The Morgan fingerprint density at radius 3 is 2.40 bits per heavy atom. The average molecular weight is 512 g/mol. The van der Waals surface area contributed by atoms with Crippen LogP contribution >= 0.6 is 23.2 Å². The maximum atomic E-state index is 13.0. The lowest BCUT2D eigenvalue weighted by Gasteiger charge is -2.26. The molecule has 1 aliphatic heterocycles. The Hall–Kier alpha value is -4.21. The van der Waals surface area contributed by atoms with Gasteiger partial charge in [0.1, 0.15) is 17.9 Å². The van der Waals surface area contributed by atoms with Crippen LogP contribution in [0.1, 0.15) is 11.1 Å². The quantitative estimate of drug-likeness (QED) is 0.211. The highest BCUT2D eigenvalue weighted by molar-refractivity contribution is 6.43. The maximum absolute atomic E-state index is 13.0. The number of halogens is 2. The van der Waals surface area contributed by atoms with Gasteiger partial charge >= 0.3 is 6.03 Å². The number of nitrogens with zero attached hydrogens (tertiary/aromatic N) is 2. The van der Waals surface area contributed by atoms with Crippen molar-refractivity contribution in [1.82, 2.24) is 5.32 Å². The fraction of sp³-hybridized carbons (Fsp3) is 0.0417. The molecular formula is C24H15Cl2N3O6. The molecule has 35 heavy (non-hydrogen) atoms. The lowest BCUT2D eigenvalue weighted by molar-refractivity contribution is -0.384. The summed E-state index contributed by atoms with van der Waals surface area (Å²) in [6.45, 7) is 0.115. The van der Waals surface area contributed by atoms with Crippen LogP contribution in [0.5, 0.6) is 5.75 Å². The van der Waals surface area contributed by atoms with Crippen molar-refractivity contribution in [1.29, 1.82) is 0 Å². The van der Waals surface area contributed by atoms with E-state index in [4.69, 9.17) is 27.9 Å². The van der Waals surface area contributed by atoms with E-state index in [0.717, 1.165) is 4.90 Å². The SMILES string of the molecule is O=C1NC(=O)N(c2ccc(Cl)c(Cl)c2)C(=O)/C1=C/c1ccc(OCc2cccc([N+](=O)[O-])c2)cc1. The van der Waals surface area contributed by atoms with E-state index in [0.29, 0.717) is 16.9 Å². The van der Waals surface area contributed by atoms with Crippen molar-refractivity contribution in [3.63, 3.8) is 0 Å². The van der Waals surface area contributed by atoms with E-state index < -0.39 is 22.8 Å². The van der Waals surface area contributed by atoms with Crippen molar-refractivity contribution in [2.24, 2.45) is 0 Å². The summed E-state index contributed by atoms with van der Waals surface area (Å²) in [6.07, 6.45) is 1.35. The zero-order chi connectivity index (χ0) is 25.1. The highest BCUT2D eigenvalue weighted by Gasteiger charge is 2.37. The first-order valence-corrected chi connectivity index (χ1v) is 10.8. The number of carbonyl (C=O) groups is 3. The molecule has 0 unspecified atom stereocenters. The summed E-state index contributed by atoms with van der Waals surface area (Å²) in [6, 6.07) is 15.9. The molecule has 1 aliphatic rings. The average Bonchev–Trinajstić information content (AvgIpc) is 2.83. The molecule has 0 aliphatic carbocycles. The molecule has 0 atom stereocenters. The fourth-order valence-electron chi connectivity index (χ4n) is 3.27. The number of barbiturate groups is 1. The number of benzene rings is 3. The minimum absolute atomic E-state index is 0.0307. The van der Waals surface area contributed by atoms with Crippen molar-refractivity contribution >= 4 is 58.5 Å². The Morgan fingerprint density at radius 1 is 0.971 bits per heavy atom. The van der Waals surface area contributed by atoms with E-state index in [2.05, 4.69) is 5.32 Å². The number of nitro groups is 1. The number of nitrogens with one attached hydrogen (secondary N) is 1. The first-order valence-electron chi connectivity index (χ1n) is 10.1. The number of hydrogen-bond acceptors (Lipinski definition) is 6. The van der Waals surface area contributed by atoms with Crippen molar-refractivity contribution in [2.75, 3.05) is 4.90 Å². The normalized spacial score (nSPS) is 14.7. The molecule has 1 saturated heterocycles. The number of nitro benzene ring substituents is 1. The molecule has 0 saturated carbocycles. The molecule has 11 heteroatoms. The topological polar surface area (TPSA) is 119 Å². The summed E-state index contributed by atoms with van der Waals surface area (Å²) in [4.78, 5) is 48.9. The second-order valence-electron chi connectivity index (χ2n) is 7.34. The van der Waals surface area contributed by atoms with Crippen molar-refractivity contribution in [2.45, 2.75) is 6.61 Å². The van der Waals surface area contributed by atoms with Gasteiger partial charge in [0, 0.05) is 12.1 Å². The van der Waals surface area contributed by atoms with Gasteiger partial charge in [0.2, 0.25) is 0 Å². The molecule has 4 amide bonds. The van der Waals surface area contributed by atoms with E-state index in [1.807, 2.05) is 0 Å². The van der Waals surface area contributed by atoms with Gasteiger partial charge in [-0.3, -0.25) is 25.0 Å². The van der Waals surface area contributed by atoms with Crippen LogP contribution in [0, 0.1) is 10.1 Å². The zero-order valence-corrected chi connectivity index (χ0v) is 19.2. The largest absolute Gasteiger partial charge is 0.489 e. The predicted octanol–water partition coefficient (Wildman–Crippen LogP) is 5.15. The van der Waals surface area contributed by atoms with Crippen LogP contribution in [0.15, 0.2) is 72.3 Å². The molecule has 4 rings (SSSR count). The summed E-state index contributed by atoms with van der Waals surface area (Å²) >= 11 is 11.9. The molecule has 0 bridgehead atoms. The number of amides is 4. The summed E-state index contributed by atoms with van der Waals surface area (Å²) < 4.78 is 5.66. The van der Waals surface area contributed by atoms with Gasteiger partial charge in [-0.1, -0.05) is 47.5 Å². The number of non-ortho nitro benzene ring substituents is 1. The molecule has 3 aromatic rings. The minimum Gasteiger partial charge on any atom is -0.489 e. The van der Waals surface area contributed by atoms with Crippen LogP contribution < -0.4 is 15.0 Å². The van der Waals surface area contributed by atoms with Crippen molar-refractivity contribution in [3.05, 3.63) is 104 Å². The van der Waals surface area contributed by atoms with Gasteiger partial charge in [0.25, 0.3) is 17.5 Å². The summed E-state index contributed by atoms with van der Waals surface area (Å²) in [7, 11) is 0. The highest BCUT2D eigenvalue weighted by atomic mass is 35.5. The van der Waals surface area contributed by atoms with Crippen molar-refractivity contribution < 1.29 is 24.0 Å². The van der Waals surface area contributed by atoms with Crippen LogP contribution in [0.4, 0.5) is 16.2 Å². The van der Waals surface area contributed by atoms with Gasteiger partial charge in [0.15, 0.2) is 0 Å². The minimum atomic E-state index is -0.902. The van der Waals surface area contributed by atoms with Crippen LogP contribution in [0.3, 0.4) is 0 Å². The standard InChI is InChI=1S/C24H15Cl2N3O6/c25-20-9-6-16(12-21(20)26)28-23(31)19(22(30)27-24(28)32)11-14-4-7-18(8-5-14)35-13-15-2-1-3-17(10-15)29(33)34/h1-12H,13H2,(H,27,30,32)/b19-11+. The Bertz CT molecular complexity index is 1390. The van der Waals surface area contributed by atoms with E-state index in [9.17, 15) is 24.5 Å². The Morgan fingerprint density at radius 2 is 1.71 bits per heavy atom. The second kappa shape index (κ2) is 9.96. The third-order valence-electron chi connectivity index (χ3n) is 4.98. The first-order chi connectivity index (χ1) is 16.7. The summed E-state index contributed by atoms with van der Waals surface area (Å²) in [5.41, 5.74) is 1.01. The number of anilines is 1. The highest BCUT2D eigenvalue weighted by Crippen LogP contribution is 2.29. The zero-order valence-electron chi connectivity index (χ0n) is 17.7. The number of urea groups is 1. The molecular weight excluding hydrogens is 497 g/mol. The van der Waals surface area contributed by atoms with Gasteiger partial charge in [0.05, 0.1) is 20.7 Å². The molecule has 176 valence electrons. The predicted molar refractivity (Wildman–Crippen MR) is 129 cm³/mol. The third-order valence-corrected chi connectivity index (χ3v) is 5.72. The van der Waals surface area contributed by atoms with Crippen LogP contribution in [0.2, 0.25) is 10.0 Å². The number of carbonyl (C=O) groups excluding carboxylic acids is 3. The smallest absolute Gasteiger partial charge is 0.335 e. The summed E-state index contributed by atoms with van der Waals surface area (Å²) in [5.74, 6) is -1.17. The van der Waals surface area contributed by atoms with Gasteiger partial charge in [-0.25, -0.2) is 9.69 Å². The molecule has 3 aromatic carbocycles. The third kappa shape index (κ3) is 5.32. The monoisotopic (exact) mass is 511 g/mol. The van der Waals surface area contributed by atoms with E-state index in [-0.39, 0.29) is 33.6 Å². The number of hydrogen-bond donors (Lipinski definition) is 1. The molecule has 0 radical (unpaired) electrons. The number of rotatable bonds is 6. The molecule has 1 N–H and O–H groups in total. The molecule has 1 fully saturated rings. The van der Waals surface area contributed by atoms with Crippen LogP contribution in [-0.4, -0.2) is 22.8 Å². The van der Waals surface area contributed by atoms with Gasteiger partial charge in [-0.15, -0.1) is 0 Å². The van der Waals surface area contributed by atoms with Gasteiger partial charge in [-0.2, -0.15) is 0 Å². The van der Waals surface area contributed by atoms with E-state index in [1.54, 1.807) is 36.4 Å². The molecule has 1 heterocycles.